The number of aromatic hydroxyl groups is 1. The largest absolute Gasteiger partial charge is 0.505 e. The van der Waals surface area contributed by atoms with Gasteiger partial charge in [-0.15, -0.1) is 15.0 Å². The van der Waals surface area contributed by atoms with Crippen LogP contribution in [-0.4, -0.2) is 26.0 Å². The average molecular weight is 407 g/mol. The molecule has 1 amide bonds. The van der Waals surface area contributed by atoms with Gasteiger partial charge >= 0.3 is 0 Å². The van der Waals surface area contributed by atoms with Crippen molar-refractivity contribution >= 4 is 16.9 Å². The number of benzene rings is 2. The van der Waals surface area contributed by atoms with E-state index >= 15 is 0 Å². The van der Waals surface area contributed by atoms with Crippen molar-refractivity contribution in [1.82, 2.24) is 20.3 Å². The van der Waals surface area contributed by atoms with Crippen LogP contribution in [-0.2, 0) is 16.8 Å². The average Bonchev–Trinajstić information content (AvgIpc) is 3.08. The van der Waals surface area contributed by atoms with Crippen molar-refractivity contribution in [3.8, 4) is 11.4 Å². The molecule has 3 rings (SSSR count). The molecule has 0 atom stereocenters. The number of phenols is 1. The van der Waals surface area contributed by atoms with E-state index in [1.165, 1.54) is 10.9 Å². The fourth-order valence-electron chi connectivity index (χ4n) is 4.01. The second-order valence-electron chi connectivity index (χ2n) is 9.52. The maximum atomic E-state index is 11.7. The molecule has 0 aliphatic rings. The lowest BCUT2D eigenvalue weighted by Gasteiger charge is -2.33. The van der Waals surface area contributed by atoms with Crippen LogP contribution in [0.25, 0.3) is 16.7 Å². The molecule has 158 valence electrons. The van der Waals surface area contributed by atoms with Gasteiger partial charge in [-0.05, 0) is 53.2 Å². The lowest BCUT2D eigenvalue weighted by Crippen LogP contribution is -2.26. The Bertz CT molecular complexity index is 1060. The predicted molar refractivity (Wildman–Crippen MR) is 120 cm³/mol. The predicted octanol–water partition coefficient (Wildman–Crippen LogP) is 4.64. The molecule has 2 aromatic carbocycles. The summed E-state index contributed by atoms with van der Waals surface area (Å²) in [5, 5.41) is 22.8. The van der Waals surface area contributed by atoms with Crippen LogP contribution in [0.3, 0.4) is 0 Å². The summed E-state index contributed by atoms with van der Waals surface area (Å²) in [6.07, 6.45) is 2.16. The van der Waals surface area contributed by atoms with Crippen molar-refractivity contribution in [3.63, 3.8) is 0 Å². The fourth-order valence-corrected chi connectivity index (χ4v) is 4.01. The van der Waals surface area contributed by atoms with Crippen LogP contribution < -0.4 is 5.32 Å². The fraction of sp³-hybridized carbons (Fsp3) is 0.375. The first-order valence-corrected chi connectivity index (χ1v) is 10.1. The van der Waals surface area contributed by atoms with Crippen LogP contribution in [0, 0.1) is 5.41 Å². The maximum absolute atomic E-state index is 11.7. The molecular formula is C24H30N4O2. The topological polar surface area (TPSA) is 80.0 Å². The molecule has 0 aliphatic carbocycles. The quantitative estimate of drug-likeness (QED) is 0.584. The van der Waals surface area contributed by atoms with Crippen molar-refractivity contribution in [2.45, 2.75) is 53.0 Å². The van der Waals surface area contributed by atoms with Crippen LogP contribution in [0.1, 0.15) is 52.2 Å². The summed E-state index contributed by atoms with van der Waals surface area (Å²) in [7, 11) is 0. The molecule has 1 heterocycles. The van der Waals surface area contributed by atoms with Gasteiger partial charge < -0.3 is 10.4 Å². The molecule has 0 bridgehead atoms. The summed E-state index contributed by atoms with van der Waals surface area (Å²) in [6, 6.07) is 11.5. The molecule has 30 heavy (non-hydrogen) atoms. The van der Waals surface area contributed by atoms with E-state index < -0.39 is 0 Å². The van der Waals surface area contributed by atoms with E-state index in [-0.39, 0.29) is 29.0 Å². The molecule has 1 aromatic heterocycles. The Morgan fingerprint density at radius 2 is 1.73 bits per heavy atom. The van der Waals surface area contributed by atoms with E-state index in [0.29, 0.717) is 11.3 Å². The molecule has 6 heteroatoms. The zero-order valence-electron chi connectivity index (χ0n) is 18.4. The Kier molecular flexibility index (Phi) is 5.70. The van der Waals surface area contributed by atoms with E-state index in [2.05, 4.69) is 56.7 Å². The minimum absolute atomic E-state index is 0.0509. The number of nitrogens with zero attached hydrogens (tertiary/aromatic N) is 3. The highest BCUT2D eigenvalue weighted by Gasteiger charge is 2.29. The lowest BCUT2D eigenvalue weighted by atomic mass is 9.72. The minimum Gasteiger partial charge on any atom is -0.505 e. The number of amides is 1. The van der Waals surface area contributed by atoms with Gasteiger partial charge in [0.05, 0.1) is 0 Å². The standard InChI is InChI=1S/C24H30N4O2/c1-7-21(29)25-14-16-12-17(24(5,6)15-23(2,3)4)13-20(22(16)30)28-26-18-10-8-9-11-19(18)27-28/h7-13,30H,1,14-15H2,2-6H3,(H,25,29). The van der Waals surface area contributed by atoms with Crippen LogP contribution in [0.15, 0.2) is 49.1 Å². The molecule has 6 nitrogen and oxygen atoms in total. The van der Waals surface area contributed by atoms with Gasteiger partial charge in [-0.3, -0.25) is 4.79 Å². The summed E-state index contributed by atoms with van der Waals surface area (Å²) in [5.41, 5.74) is 3.61. The zero-order valence-corrected chi connectivity index (χ0v) is 18.4. The van der Waals surface area contributed by atoms with Gasteiger partial charge in [0, 0.05) is 12.1 Å². The van der Waals surface area contributed by atoms with Crippen molar-refractivity contribution in [2.24, 2.45) is 5.41 Å². The first kappa shape index (κ1) is 21.6. The van der Waals surface area contributed by atoms with Gasteiger partial charge in [0.15, 0.2) is 0 Å². The van der Waals surface area contributed by atoms with Gasteiger partial charge in [0.25, 0.3) is 0 Å². The first-order valence-electron chi connectivity index (χ1n) is 10.1. The number of hydrogen-bond donors (Lipinski definition) is 2. The summed E-state index contributed by atoms with van der Waals surface area (Å²) in [6.45, 7) is 14.7. The maximum Gasteiger partial charge on any atom is 0.243 e. The van der Waals surface area contributed by atoms with Crippen molar-refractivity contribution < 1.29 is 9.90 Å². The molecule has 0 radical (unpaired) electrons. The molecule has 2 N–H and O–H groups in total. The van der Waals surface area contributed by atoms with Gasteiger partial charge in [-0.1, -0.05) is 53.3 Å². The second-order valence-corrected chi connectivity index (χ2v) is 9.52. The van der Waals surface area contributed by atoms with Crippen LogP contribution in [0.2, 0.25) is 0 Å². The summed E-state index contributed by atoms with van der Waals surface area (Å²) < 4.78 is 0. The molecule has 3 aromatic rings. The van der Waals surface area contributed by atoms with E-state index in [9.17, 15) is 9.90 Å². The molecular weight excluding hydrogens is 376 g/mol. The second kappa shape index (κ2) is 7.94. The Balaban J connectivity index is 2.14. The molecule has 0 unspecified atom stereocenters. The normalized spacial score (nSPS) is 12.2. The van der Waals surface area contributed by atoms with Gasteiger partial charge in [0.1, 0.15) is 22.5 Å². The number of phenolic OH excluding ortho intramolecular Hbond substituents is 1. The summed E-state index contributed by atoms with van der Waals surface area (Å²) in [5.74, 6) is -0.242. The SMILES string of the molecule is C=CC(=O)NCc1cc(C(C)(C)CC(C)(C)C)cc(-n2nc3ccccc3n2)c1O. The molecule has 0 spiro atoms. The molecule has 0 fully saturated rings. The van der Waals surface area contributed by atoms with E-state index in [4.69, 9.17) is 0 Å². The number of aromatic nitrogens is 3. The third-order valence-corrected chi connectivity index (χ3v) is 5.06. The molecule has 0 saturated heterocycles. The number of fused-ring (bicyclic) bond motifs is 1. The number of hydrogen-bond acceptors (Lipinski definition) is 4. The Morgan fingerprint density at radius 3 is 2.27 bits per heavy atom. The number of carbonyl (C=O) groups is 1. The first-order chi connectivity index (χ1) is 14.0. The number of rotatable bonds is 6. The van der Waals surface area contributed by atoms with Crippen LogP contribution in [0.5, 0.6) is 5.75 Å². The summed E-state index contributed by atoms with van der Waals surface area (Å²) in [4.78, 5) is 13.2. The molecule has 0 aliphatic heterocycles. The van der Waals surface area contributed by atoms with Gasteiger partial charge in [-0.2, -0.15) is 0 Å². The lowest BCUT2D eigenvalue weighted by molar-refractivity contribution is -0.116. The smallest absolute Gasteiger partial charge is 0.243 e. The Labute approximate surface area is 177 Å². The highest BCUT2D eigenvalue weighted by Crippen LogP contribution is 2.39. The van der Waals surface area contributed by atoms with Crippen LogP contribution >= 0.6 is 0 Å². The van der Waals surface area contributed by atoms with E-state index in [1.54, 1.807) is 0 Å². The zero-order chi connectivity index (χ0) is 22.1. The summed E-state index contributed by atoms with van der Waals surface area (Å²) >= 11 is 0. The van der Waals surface area contributed by atoms with E-state index in [0.717, 1.165) is 23.0 Å². The monoisotopic (exact) mass is 406 g/mol. The highest BCUT2D eigenvalue weighted by molar-refractivity contribution is 5.86. The van der Waals surface area contributed by atoms with Gasteiger partial charge in [0.2, 0.25) is 5.91 Å². The Hall–Kier alpha value is -3.15. The van der Waals surface area contributed by atoms with Crippen molar-refractivity contribution in [3.05, 3.63) is 60.2 Å². The number of carbonyl (C=O) groups excluding carboxylic acids is 1. The van der Waals surface area contributed by atoms with Crippen molar-refractivity contribution in [1.29, 1.82) is 0 Å². The third-order valence-electron chi connectivity index (χ3n) is 5.06. The van der Waals surface area contributed by atoms with E-state index in [1.807, 2.05) is 36.4 Å². The van der Waals surface area contributed by atoms with Crippen molar-refractivity contribution in [2.75, 3.05) is 0 Å². The Morgan fingerprint density at radius 1 is 1.13 bits per heavy atom. The number of nitrogens with one attached hydrogen (secondary N) is 1. The van der Waals surface area contributed by atoms with Crippen LogP contribution in [0.4, 0.5) is 0 Å². The third kappa shape index (κ3) is 4.70. The van der Waals surface area contributed by atoms with Gasteiger partial charge in [-0.25, -0.2) is 0 Å². The highest BCUT2D eigenvalue weighted by atomic mass is 16.3. The minimum atomic E-state index is -0.293. The molecule has 0 saturated carbocycles.